The lowest BCUT2D eigenvalue weighted by Gasteiger charge is -2.29. The number of amides is 1. The summed E-state index contributed by atoms with van der Waals surface area (Å²) in [5.74, 6) is 1.43. The van der Waals surface area contributed by atoms with E-state index in [0.29, 0.717) is 36.2 Å². The molecule has 9 nitrogen and oxygen atoms in total. The fourth-order valence-corrected chi connectivity index (χ4v) is 3.81. The SMILES string of the molecule is CC(C)(C)OC(=O)N1CCCC1CNc1cnc(-c2cccnc2)nc1Oc1ccc(CO)cc1. The first-order valence-electron chi connectivity index (χ1n) is 11.7. The number of benzene rings is 1. The van der Waals surface area contributed by atoms with Crippen molar-refractivity contribution in [1.82, 2.24) is 19.9 Å². The lowest BCUT2D eigenvalue weighted by Crippen LogP contribution is -2.42. The van der Waals surface area contributed by atoms with E-state index in [-0.39, 0.29) is 18.7 Å². The van der Waals surface area contributed by atoms with E-state index < -0.39 is 5.60 Å². The topological polar surface area (TPSA) is 110 Å². The van der Waals surface area contributed by atoms with Crippen molar-refractivity contribution >= 4 is 11.8 Å². The Labute approximate surface area is 205 Å². The molecule has 3 aromatic rings. The molecule has 4 rings (SSSR count). The lowest BCUT2D eigenvalue weighted by atomic mass is 10.2. The molecule has 1 amide bonds. The Hall–Kier alpha value is -3.72. The van der Waals surface area contributed by atoms with E-state index in [1.807, 2.05) is 32.9 Å². The van der Waals surface area contributed by atoms with Crippen molar-refractivity contribution in [3.63, 3.8) is 0 Å². The van der Waals surface area contributed by atoms with E-state index in [1.54, 1.807) is 47.8 Å². The van der Waals surface area contributed by atoms with Crippen LogP contribution >= 0.6 is 0 Å². The molecule has 9 heteroatoms. The number of aromatic nitrogens is 3. The van der Waals surface area contributed by atoms with Gasteiger partial charge in [-0.15, -0.1) is 0 Å². The minimum atomic E-state index is -0.541. The van der Waals surface area contributed by atoms with Crippen molar-refractivity contribution in [2.75, 3.05) is 18.4 Å². The smallest absolute Gasteiger partial charge is 0.410 e. The van der Waals surface area contributed by atoms with Crippen molar-refractivity contribution in [3.8, 4) is 23.0 Å². The molecule has 0 bridgehead atoms. The number of aliphatic hydroxyl groups is 1. The van der Waals surface area contributed by atoms with Crippen LogP contribution in [0.15, 0.2) is 55.0 Å². The van der Waals surface area contributed by atoms with Gasteiger partial charge in [-0.2, -0.15) is 4.98 Å². The molecule has 1 fully saturated rings. The summed E-state index contributed by atoms with van der Waals surface area (Å²) in [5.41, 5.74) is 1.63. The summed E-state index contributed by atoms with van der Waals surface area (Å²) in [6.07, 6.45) is 6.56. The highest BCUT2D eigenvalue weighted by atomic mass is 16.6. The highest BCUT2D eigenvalue weighted by Crippen LogP contribution is 2.30. The molecule has 0 spiro atoms. The Morgan fingerprint density at radius 2 is 2.00 bits per heavy atom. The van der Waals surface area contributed by atoms with Gasteiger partial charge < -0.3 is 24.8 Å². The fraction of sp³-hybridized carbons (Fsp3) is 0.385. The predicted octanol–water partition coefficient (Wildman–Crippen LogP) is 4.63. The third kappa shape index (κ3) is 6.45. The van der Waals surface area contributed by atoms with E-state index in [9.17, 15) is 9.90 Å². The van der Waals surface area contributed by atoms with Gasteiger partial charge >= 0.3 is 6.09 Å². The second kappa shape index (κ2) is 10.7. The molecule has 1 atom stereocenters. The maximum Gasteiger partial charge on any atom is 0.410 e. The molecular weight excluding hydrogens is 446 g/mol. The van der Waals surface area contributed by atoms with Crippen LogP contribution in [0.3, 0.4) is 0 Å². The number of nitrogens with one attached hydrogen (secondary N) is 1. The number of pyridine rings is 1. The molecule has 1 aliphatic heterocycles. The maximum absolute atomic E-state index is 12.6. The van der Waals surface area contributed by atoms with Gasteiger partial charge in [-0.05, 0) is 63.4 Å². The number of aliphatic hydroxyl groups excluding tert-OH is 1. The van der Waals surface area contributed by atoms with Gasteiger partial charge in [0, 0.05) is 31.0 Å². The molecule has 0 radical (unpaired) electrons. The lowest BCUT2D eigenvalue weighted by molar-refractivity contribution is 0.0235. The normalized spacial score (nSPS) is 15.7. The Balaban J connectivity index is 1.54. The second-order valence-corrected chi connectivity index (χ2v) is 9.41. The summed E-state index contributed by atoms with van der Waals surface area (Å²) in [6, 6.07) is 10.8. The number of anilines is 1. The van der Waals surface area contributed by atoms with Gasteiger partial charge in [-0.3, -0.25) is 4.98 Å². The van der Waals surface area contributed by atoms with E-state index >= 15 is 0 Å². The van der Waals surface area contributed by atoms with Gasteiger partial charge in [0.2, 0.25) is 5.88 Å². The van der Waals surface area contributed by atoms with Gasteiger partial charge in [0.1, 0.15) is 17.0 Å². The van der Waals surface area contributed by atoms with Crippen molar-refractivity contribution in [2.24, 2.45) is 0 Å². The molecule has 1 aromatic carbocycles. The third-order valence-corrected chi connectivity index (χ3v) is 5.53. The van der Waals surface area contributed by atoms with Crippen LogP contribution in [0, 0.1) is 0 Å². The van der Waals surface area contributed by atoms with Crippen LogP contribution < -0.4 is 10.1 Å². The summed E-state index contributed by atoms with van der Waals surface area (Å²) >= 11 is 0. The largest absolute Gasteiger partial charge is 0.444 e. The number of rotatable bonds is 7. The van der Waals surface area contributed by atoms with Crippen molar-refractivity contribution in [1.29, 1.82) is 0 Å². The Morgan fingerprint density at radius 1 is 1.20 bits per heavy atom. The highest BCUT2D eigenvalue weighted by Gasteiger charge is 2.32. The predicted molar refractivity (Wildman–Crippen MR) is 132 cm³/mol. The summed E-state index contributed by atoms with van der Waals surface area (Å²) in [5, 5.41) is 12.7. The van der Waals surface area contributed by atoms with E-state index in [4.69, 9.17) is 9.47 Å². The van der Waals surface area contributed by atoms with Gasteiger partial charge in [-0.1, -0.05) is 12.1 Å². The van der Waals surface area contributed by atoms with Crippen molar-refractivity contribution in [2.45, 2.75) is 51.9 Å². The second-order valence-electron chi connectivity index (χ2n) is 9.41. The highest BCUT2D eigenvalue weighted by molar-refractivity contribution is 5.69. The molecular formula is C26H31N5O4. The van der Waals surface area contributed by atoms with Crippen LogP contribution in [0.25, 0.3) is 11.4 Å². The Bertz CT molecular complexity index is 1130. The van der Waals surface area contributed by atoms with Crippen LogP contribution in [0.2, 0.25) is 0 Å². The fourth-order valence-electron chi connectivity index (χ4n) is 3.81. The number of nitrogens with zero attached hydrogens (tertiary/aromatic N) is 4. The number of carbonyl (C=O) groups is 1. The molecule has 0 aliphatic carbocycles. The first kappa shape index (κ1) is 24.4. The molecule has 2 N–H and O–H groups in total. The summed E-state index contributed by atoms with van der Waals surface area (Å²) < 4.78 is 11.7. The van der Waals surface area contributed by atoms with Crippen LogP contribution in [0.4, 0.5) is 10.5 Å². The first-order chi connectivity index (χ1) is 16.8. The first-order valence-corrected chi connectivity index (χ1v) is 11.7. The van der Waals surface area contributed by atoms with Gasteiger partial charge in [0.15, 0.2) is 5.82 Å². The average molecular weight is 478 g/mol. The molecule has 0 saturated carbocycles. The number of carbonyl (C=O) groups excluding carboxylic acids is 1. The molecule has 2 aromatic heterocycles. The minimum absolute atomic E-state index is 0.0143. The monoisotopic (exact) mass is 477 g/mol. The molecule has 3 heterocycles. The number of ether oxygens (including phenoxy) is 2. The average Bonchev–Trinajstić information content (AvgIpc) is 3.32. The molecule has 1 saturated heterocycles. The zero-order valence-electron chi connectivity index (χ0n) is 20.3. The Morgan fingerprint density at radius 3 is 2.69 bits per heavy atom. The van der Waals surface area contributed by atoms with Crippen molar-refractivity contribution in [3.05, 3.63) is 60.6 Å². The van der Waals surface area contributed by atoms with Crippen LogP contribution in [0.5, 0.6) is 11.6 Å². The minimum Gasteiger partial charge on any atom is -0.444 e. The van der Waals surface area contributed by atoms with Crippen LogP contribution in [-0.2, 0) is 11.3 Å². The van der Waals surface area contributed by atoms with Gasteiger partial charge in [0.25, 0.3) is 0 Å². The zero-order valence-corrected chi connectivity index (χ0v) is 20.3. The van der Waals surface area contributed by atoms with E-state index in [0.717, 1.165) is 24.0 Å². The zero-order chi connectivity index (χ0) is 24.8. The third-order valence-electron chi connectivity index (χ3n) is 5.53. The Kier molecular flexibility index (Phi) is 7.45. The quantitative estimate of drug-likeness (QED) is 0.507. The summed E-state index contributed by atoms with van der Waals surface area (Å²) in [4.78, 5) is 27.7. The van der Waals surface area contributed by atoms with Gasteiger partial charge in [-0.25, -0.2) is 9.78 Å². The van der Waals surface area contributed by atoms with E-state index in [1.165, 1.54) is 0 Å². The van der Waals surface area contributed by atoms with Gasteiger partial charge in [0.05, 0.1) is 18.8 Å². The molecule has 1 aliphatic rings. The standard InChI is InChI=1S/C26H31N5O4/c1-26(2,3)35-25(33)31-13-5-7-20(31)15-28-22-16-29-23(19-6-4-12-27-14-19)30-24(22)34-21-10-8-18(17-32)9-11-21/h4,6,8-12,14,16,20,28,32H,5,7,13,15,17H2,1-3H3. The molecule has 35 heavy (non-hydrogen) atoms. The summed E-state index contributed by atoms with van der Waals surface area (Å²) in [7, 11) is 0. The summed E-state index contributed by atoms with van der Waals surface area (Å²) in [6.45, 7) is 6.73. The van der Waals surface area contributed by atoms with E-state index in [2.05, 4.69) is 20.3 Å². The number of hydrogen-bond donors (Lipinski definition) is 2. The molecule has 184 valence electrons. The number of likely N-dealkylation sites (tertiary alicyclic amines) is 1. The maximum atomic E-state index is 12.6. The number of hydrogen-bond acceptors (Lipinski definition) is 8. The van der Waals surface area contributed by atoms with Crippen molar-refractivity contribution < 1.29 is 19.4 Å². The van der Waals surface area contributed by atoms with Crippen LogP contribution in [-0.4, -0.2) is 55.8 Å². The molecule has 1 unspecified atom stereocenters. The van der Waals surface area contributed by atoms with Crippen LogP contribution in [0.1, 0.15) is 39.2 Å².